The largest absolute Gasteiger partial charge is 0.573 e. The molecule has 1 heterocycles. The van der Waals surface area contributed by atoms with E-state index in [9.17, 15) is 23.1 Å². The molecule has 1 aromatic heterocycles. The van der Waals surface area contributed by atoms with E-state index in [1.807, 2.05) is 0 Å². The lowest BCUT2D eigenvalue weighted by Crippen LogP contribution is -2.22. The summed E-state index contributed by atoms with van der Waals surface area (Å²) in [6.07, 6.45) is -2.38. The molecule has 1 aliphatic carbocycles. The molecule has 0 saturated carbocycles. The minimum Gasteiger partial charge on any atom is -0.478 e. The maximum Gasteiger partial charge on any atom is 0.573 e. The van der Waals surface area contributed by atoms with Gasteiger partial charge in [0.1, 0.15) is 5.75 Å². The fourth-order valence-corrected chi connectivity index (χ4v) is 4.99. The summed E-state index contributed by atoms with van der Waals surface area (Å²) in [6.45, 7) is 4.25. The Labute approximate surface area is 170 Å². The minimum atomic E-state index is -4.81. The maximum absolute atomic E-state index is 12.6. The van der Waals surface area contributed by atoms with Crippen LogP contribution < -0.4 is 9.46 Å². The highest BCUT2D eigenvalue weighted by atomic mass is 32.1. The number of aromatic carboxylic acids is 1. The average Bonchev–Trinajstić information content (AvgIpc) is 2.92. The molecule has 0 saturated heterocycles. The van der Waals surface area contributed by atoms with Crippen LogP contribution in [-0.4, -0.2) is 17.4 Å². The zero-order valence-electron chi connectivity index (χ0n) is 15.3. The summed E-state index contributed by atoms with van der Waals surface area (Å²) in [5.41, 5.74) is 1.91. The zero-order valence-corrected chi connectivity index (χ0v) is 17.0. The molecule has 1 aliphatic rings. The van der Waals surface area contributed by atoms with Crippen molar-refractivity contribution >= 4 is 30.1 Å². The molecule has 0 atom stereocenters. The van der Waals surface area contributed by atoms with Crippen molar-refractivity contribution in [2.24, 2.45) is 5.41 Å². The van der Waals surface area contributed by atoms with Gasteiger partial charge < -0.3 is 9.84 Å². The van der Waals surface area contributed by atoms with Gasteiger partial charge in [-0.1, -0.05) is 26.7 Å². The quantitative estimate of drug-likeness (QED) is 0.550. The van der Waals surface area contributed by atoms with Gasteiger partial charge >= 0.3 is 12.3 Å². The molecule has 9 heteroatoms. The molecule has 3 rings (SSSR count). The summed E-state index contributed by atoms with van der Waals surface area (Å²) < 4.78 is 44.5. The van der Waals surface area contributed by atoms with Crippen LogP contribution in [0.25, 0.3) is 10.4 Å². The van der Waals surface area contributed by atoms with Crippen molar-refractivity contribution in [2.75, 3.05) is 0 Å². The molecule has 0 amide bonds. The first-order chi connectivity index (χ1) is 13.0. The first-order valence-electron chi connectivity index (χ1n) is 8.64. The van der Waals surface area contributed by atoms with Crippen molar-refractivity contribution in [3.05, 3.63) is 39.8 Å². The van der Waals surface area contributed by atoms with Gasteiger partial charge in [0.15, 0.2) is 0 Å². The smallest absolute Gasteiger partial charge is 0.478 e. The predicted octanol–water partition coefficient (Wildman–Crippen LogP) is 5.46. The van der Waals surface area contributed by atoms with Gasteiger partial charge in [-0.25, -0.2) is 4.79 Å². The Morgan fingerprint density at radius 3 is 2.71 bits per heavy atom. The van der Waals surface area contributed by atoms with E-state index in [0.29, 0.717) is 16.9 Å². The lowest BCUT2D eigenvalue weighted by atomic mass is 9.76. The van der Waals surface area contributed by atoms with Crippen molar-refractivity contribution in [1.29, 1.82) is 0 Å². The minimum absolute atomic E-state index is 0.0149. The normalized spacial score (nSPS) is 15.9. The van der Waals surface area contributed by atoms with Crippen molar-refractivity contribution in [3.8, 4) is 16.2 Å². The highest BCUT2D eigenvalue weighted by Crippen LogP contribution is 2.45. The molecule has 28 heavy (non-hydrogen) atoms. The number of hydrogen-bond donors (Lipinski definition) is 3. The van der Waals surface area contributed by atoms with Crippen molar-refractivity contribution in [2.45, 2.75) is 46.0 Å². The third-order valence-electron chi connectivity index (χ3n) is 4.81. The standard InChI is InChI=1S/C19H20F3NO3S2/c1-18(2)6-5-14-12(8-18)15(17(24)25)16(28-14)10-3-4-13(26-19(20,21)22)11(7-10)9-23-27/h3-4,7,23,27H,5-6,8-9H2,1-2H3,(H,24,25). The topological polar surface area (TPSA) is 58.6 Å². The van der Waals surface area contributed by atoms with Crippen molar-refractivity contribution < 1.29 is 27.8 Å². The number of ether oxygens (including phenoxy) is 1. The number of alkyl halides is 3. The molecule has 152 valence electrons. The summed E-state index contributed by atoms with van der Waals surface area (Å²) in [5, 5.41) is 9.83. The molecule has 4 nitrogen and oxygen atoms in total. The number of carbonyl (C=O) groups is 1. The zero-order chi connectivity index (χ0) is 20.7. The second-order valence-electron chi connectivity index (χ2n) is 7.56. The second kappa shape index (κ2) is 7.61. The van der Waals surface area contributed by atoms with E-state index in [1.54, 1.807) is 0 Å². The molecule has 0 bridgehead atoms. The fourth-order valence-electron chi connectivity index (χ4n) is 3.52. The van der Waals surface area contributed by atoms with E-state index in [4.69, 9.17) is 0 Å². The van der Waals surface area contributed by atoms with Crippen LogP contribution >= 0.6 is 24.2 Å². The van der Waals surface area contributed by atoms with Gasteiger partial charge in [-0.15, -0.1) is 24.5 Å². The van der Waals surface area contributed by atoms with Crippen LogP contribution in [0.5, 0.6) is 5.75 Å². The molecule has 0 spiro atoms. The number of aryl methyl sites for hydroxylation is 1. The van der Waals surface area contributed by atoms with E-state index < -0.39 is 12.3 Å². The number of carboxylic acids is 1. The first kappa shape index (κ1) is 21.0. The summed E-state index contributed by atoms with van der Waals surface area (Å²) in [5.74, 6) is -1.35. The van der Waals surface area contributed by atoms with Crippen LogP contribution in [-0.2, 0) is 19.4 Å². The summed E-state index contributed by atoms with van der Waals surface area (Å²) in [7, 11) is 0. The number of rotatable bonds is 5. The third kappa shape index (κ3) is 4.47. The molecular formula is C19H20F3NO3S2. The van der Waals surface area contributed by atoms with Gasteiger partial charge in [-0.2, -0.15) is 0 Å². The molecular weight excluding hydrogens is 411 g/mol. The highest BCUT2D eigenvalue weighted by molar-refractivity contribution is 7.78. The molecule has 1 aromatic carbocycles. The molecule has 0 fully saturated rings. The Balaban J connectivity index is 2.10. The summed E-state index contributed by atoms with van der Waals surface area (Å²) in [4.78, 5) is 13.6. The van der Waals surface area contributed by atoms with E-state index in [2.05, 4.69) is 36.1 Å². The van der Waals surface area contributed by atoms with E-state index in [1.165, 1.54) is 29.5 Å². The third-order valence-corrected chi connectivity index (χ3v) is 6.31. The number of thiol groups is 1. The van der Waals surface area contributed by atoms with Crippen LogP contribution in [0.2, 0.25) is 0 Å². The van der Waals surface area contributed by atoms with Gasteiger partial charge in [0.05, 0.1) is 5.56 Å². The van der Waals surface area contributed by atoms with Crippen LogP contribution in [0.15, 0.2) is 18.2 Å². The van der Waals surface area contributed by atoms with E-state index >= 15 is 0 Å². The predicted molar refractivity (Wildman–Crippen MR) is 105 cm³/mol. The lowest BCUT2D eigenvalue weighted by Gasteiger charge is -2.29. The number of fused-ring (bicyclic) bond motifs is 1. The van der Waals surface area contributed by atoms with Gasteiger partial charge in [-0.3, -0.25) is 4.72 Å². The van der Waals surface area contributed by atoms with Gasteiger partial charge in [0, 0.05) is 21.9 Å². The Morgan fingerprint density at radius 2 is 2.11 bits per heavy atom. The number of hydrogen-bond acceptors (Lipinski definition) is 5. The van der Waals surface area contributed by atoms with Crippen LogP contribution in [0.3, 0.4) is 0 Å². The SMILES string of the molecule is CC1(C)CCc2sc(-c3ccc(OC(F)(F)F)c(CNS)c3)c(C(=O)O)c2C1. The average molecular weight is 432 g/mol. The molecule has 2 aromatic rings. The molecule has 0 aliphatic heterocycles. The Hall–Kier alpha value is -1.71. The number of halogens is 3. The Bertz CT molecular complexity index is 907. The summed E-state index contributed by atoms with van der Waals surface area (Å²) >= 11 is 5.27. The molecule has 2 N–H and O–H groups in total. The van der Waals surface area contributed by atoms with Gasteiger partial charge in [0.25, 0.3) is 0 Å². The highest BCUT2D eigenvalue weighted by Gasteiger charge is 2.34. The first-order valence-corrected chi connectivity index (χ1v) is 9.91. The van der Waals surface area contributed by atoms with Crippen LogP contribution in [0.4, 0.5) is 13.2 Å². The monoisotopic (exact) mass is 431 g/mol. The van der Waals surface area contributed by atoms with Crippen molar-refractivity contribution in [3.63, 3.8) is 0 Å². The Morgan fingerprint density at radius 1 is 1.39 bits per heavy atom. The number of benzene rings is 1. The number of thiophene rings is 1. The van der Waals surface area contributed by atoms with Gasteiger partial charge in [0.2, 0.25) is 0 Å². The second-order valence-corrected chi connectivity index (χ2v) is 8.98. The molecule has 0 radical (unpaired) electrons. The maximum atomic E-state index is 12.6. The Kier molecular flexibility index (Phi) is 5.71. The lowest BCUT2D eigenvalue weighted by molar-refractivity contribution is -0.274. The summed E-state index contributed by atoms with van der Waals surface area (Å²) in [6, 6.07) is 4.22. The van der Waals surface area contributed by atoms with E-state index in [0.717, 1.165) is 23.3 Å². The van der Waals surface area contributed by atoms with Gasteiger partial charge in [-0.05, 0) is 54.0 Å². The van der Waals surface area contributed by atoms with Crippen LogP contribution in [0.1, 0.15) is 46.6 Å². The fraction of sp³-hybridized carbons (Fsp3) is 0.421. The molecule has 0 unspecified atom stereocenters. The van der Waals surface area contributed by atoms with Crippen LogP contribution in [0, 0.1) is 5.41 Å². The van der Waals surface area contributed by atoms with E-state index in [-0.39, 0.29) is 28.8 Å². The number of carboxylic acid groups (broad SMARTS) is 1. The van der Waals surface area contributed by atoms with Crippen molar-refractivity contribution in [1.82, 2.24) is 4.72 Å². The number of nitrogens with one attached hydrogen (secondary N) is 1.